The Hall–Kier alpha value is -4.14. The van der Waals surface area contributed by atoms with Gasteiger partial charge in [0.2, 0.25) is 5.91 Å². The summed E-state index contributed by atoms with van der Waals surface area (Å²) in [5.41, 5.74) is 0.783. The predicted octanol–water partition coefficient (Wildman–Crippen LogP) is 4.61. The van der Waals surface area contributed by atoms with Crippen molar-refractivity contribution < 1.29 is 28.7 Å². The summed E-state index contributed by atoms with van der Waals surface area (Å²) in [7, 11) is 1.23. The van der Waals surface area contributed by atoms with Crippen molar-refractivity contribution in [2.45, 2.75) is 46.5 Å². The van der Waals surface area contributed by atoms with Gasteiger partial charge in [-0.25, -0.2) is 9.59 Å². The molecule has 0 spiro atoms. The molecule has 2 aromatic rings. The first kappa shape index (κ1) is 27.4. The molecule has 1 heterocycles. The quantitative estimate of drug-likeness (QED) is 0.612. The number of amides is 4. The summed E-state index contributed by atoms with van der Waals surface area (Å²) in [6.45, 7) is 7.15. The van der Waals surface area contributed by atoms with E-state index >= 15 is 0 Å². The molecule has 0 radical (unpaired) electrons. The number of rotatable bonds is 6. The van der Waals surface area contributed by atoms with Gasteiger partial charge in [0.25, 0.3) is 5.91 Å². The van der Waals surface area contributed by atoms with Crippen molar-refractivity contribution >= 4 is 24.0 Å². The highest BCUT2D eigenvalue weighted by Gasteiger charge is 2.47. The van der Waals surface area contributed by atoms with Gasteiger partial charge in [-0.1, -0.05) is 88.4 Å². The summed E-state index contributed by atoms with van der Waals surface area (Å²) in [5.74, 6) is -2.00. The Balaban J connectivity index is 1.89. The third-order valence-corrected chi connectivity index (χ3v) is 6.05. The number of hydrogen-bond acceptors (Lipinski definition) is 6. The molecule has 37 heavy (non-hydrogen) atoms. The molecule has 3 rings (SSSR count). The van der Waals surface area contributed by atoms with Crippen LogP contribution in [0.3, 0.4) is 0 Å². The van der Waals surface area contributed by atoms with Crippen molar-refractivity contribution in [2.24, 2.45) is 11.3 Å². The van der Waals surface area contributed by atoms with Crippen molar-refractivity contribution in [3.05, 3.63) is 84.1 Å². The zero-order valence-corrected chi connectivity index (χ0v) is 21.7. The maximum atomic E-state index is 13.9. The first-order valence-electron chi connectivity index (χ1n) is 12.0. The highest BCUT2D eigenvalue weighted by Crippen LogP contribution is 2.34. The minimum Gasteiger partial charge on any atom is -0.452 e. The van der Waals surface area contributed by atoms with Crippen LogP contribution in [0.2, 0.25) is 0 Å². The van der Waals surface area contributed by atoms with Crippen LogP contribution in [0.25, 0.3) is 0 Å². The number of ether oxygens (including phenoxy) is 2. The van der Waals surface area contributed by atoms with Crippen LogP contribution < -0.4 is 5.32 Å². The maximum Gasteiger partial charge on any atom is 0.415 e. The summed E-state index contributed by atoms with van der Waals surface area (Å²) in [6.07, 6.45) is 0.144. The molecule has 0 saturated heterocycles. The second-order valence-corrected chi connectivity index (χ2v) is 9.86. The monoisotopic (exact) mass is 507 g/mol. The molecule has 0 aliphatic carbocycles. The van der Waals surface area contributed by atoms with Crippen LogP contribution >= 0.6 is 0 Å². The fraction of sp³-hybridized carbons (Fsp3) is 0.357. The van der Waals surface area contributed by atoms with Crippen LogP contribution in [0.1, 0.15) is 44.9 Å². The van der Waals surface area contributed by atoms with E-state index in [0.717, 1.165) is 16.5 Å². The Labute approximate surface area is 217 Å². The Morgan fingerprint density at radius 1 is 1.00 bits per heavy atom. The second-order valence-electron chi connectivity index (χ2n) is 9.86. The zero-order chi connectivity index (χ0) is 27.2. The van der Waals surface area contributed by atoms with Crippen LogP contribution in [0.15, 0.2) is 72.9 Å². The van der Waals surface area contributed by atoms with Crippen LogP contribution in [-0.4, -0.2) is 47.1 Å². The highest BCUT2D eigenvalue weighted by molar-refractivity contribution is 6.03. The van der Waals surface area contributed by atoms with Gasteiger partial charge in [0.05, 0.1) is 19.1 Å². The smallest absolute Gasteiger partial charge is 0.415 e. The van der Waals surface area contributed by atoms with Crippen molar-refractivity contribution in [2.75, 3.05) is 7.11 Å². The van der Waals surface area contributed by atoms with Crippen LogP contribution in [-0.2, 0) is 25.7 Å². The number of benzene rings is 2. The predicted molar refractivity (Wildman–Crippen MR) is 137 cm³/mol. The van der Waals surface area contributed by atoms with Gasteiger partial charge in [-0.2, -0.15) is 0 Å². The molecule has 1 aliphatic rings. The van der Waals surface area contributed by atoms with Gasteiger partial charge in [0.15, 0.2) is 0 Å². The summed E-state index contributed by atoms with van der Waals surface area (Å²) < 4.78 is 10.3. The van der Waals surface area contributed by atoms with Gasteiger partial charge in [0, 0.05) is 17.7 Å². The molecular formula is C28H33N3O6. The Kier molecular flexibility index (Phi) is 8.70. The molecular weight excluding hydrogens is 474 g/mol. The number of carbonyl (C=O) groups is 4. The molecule has 9 nitrogen and oxygen atoms in total. The number of imide groups is 1. The third kappa shape index (κ3) is 6.55. The summed E-state index contributed by atoms with van der Waals surface area (Å²) in [4.78, 5) is 54.5. The van der Waals surface area contributed by atoms with E-state index in [1.807, 2.05) is 57.2 Å². The van der Waals surface area contributed by atoms with Gasteiger partial charge in [-0.15, -0.1) is 0 Å². The van der Waals surface area contributed by atoms with E-state index in [2.05, 4.69) is 5.32 Å². The molecule has 0 bridgehead atoms. The molecule has 0 unspecified atom stereocenters. The third-order valence-electron chi connectivity index (χ3n) is 6.05. The van der Waals surface area contributed by atoms with E-state index in [0.29, 0.717) is 5.56 Å². The number of alkyl carbamates (subject to hydrolysis) is 1. The average molecular weight is 508 g/mol. The van der Waals surface area contributed by atoms with E-state index in [9.17, 15) is 19.2 Å². The highest BCUT2D eigenvalue weighted by atomic mass is 16.5. The van der Waals surface area contributed by atoms with Crippen molar-refractivity contribution in [3.63, 3.8) is 0 Å². The van der Waals surface area contributed by atoms with Gasteiger partial charge in [-0.05, 0) is 11.1 Å². The summed E-state index contributed by atoms with van der Waals surface area (Å²) in [5, 5.41) is 2.79. The zero-order valence-electron chi connectivity index (χ0n) is 21.7. The fourth-order valence-corrected chi connectivity index (χ4v) is 4.26. The molecule has 196 valence electrons. The standard InChI is InChI=1S/C28H33N3O6/c1-19(24(33)31-22(32)16-17-30(27(35)36-5)25(31)28(2,3)4)23(21-14-10-7-11-15-21)29-26(34)37-18-20-12-8-6-9-13-20/h6-17,19,23,25H,18H2,1-5H3,(H,29,34)/t19-,23-,25+/m0/s1. The largest absolute Gasteiger partial charge is 0.452 e. The minimum atomic E-state index is -0.936. The molecule has 9 heteroatoms. The van der Waals surface area contributed by atoms with E-state index in [-0.39, 0.29) is 6.61 Å². The van der Waals surface area contributed by atoms with Crippen LogP contribution in [0, 0.1) is 11.3 Å². The van der Waals surface area contributed by atoms with Gasteiger partial charge >= 0.3 is 12.2 Å². The summed E-state index contributed by atoms with van der Waals surface area (Å²) >= 11 is 0. The fourth-order valence-electron chi connectivity index (χ4n) is 4.26. The topological polar surface area (TPSA) is 105 Å². The number of hydrogen-bond donors (Lipinski definition) is 1. The first-order chi connectivity index (χ1) is 17.5. The molecule has 3 atom stereocenters. The first-order valence-corrected chi connectivity index (χ1v) is 12.0. The van der Waals surface area contributed by atoms with E-state index in [1.54, 1.807) is 31.2 Å². The Morgan fingerprint density at radius 2 is 1.59 bits per heavy atom. The molecule has 1 N–H and O–H groups in total. The van der Waals surface area contributed by atoms with E-state index < -0.39 is 47.5 Å². The molecule has 2 aromatic carbocycles. The number of methoxy groups -OCH3 is 1. The van der Waals surface area contributed by atoms with Crippen LogP contribution in [0.5, 0.6) is 0 Å². The molecule has 0 saturated carbocycles. The normalized spacial score (nSPS) is 17.1. The lowest BCUT2D eigenvalue weighted by molar-refractivity contribution is -0.157. The van der Waals surface area contributed by atoms with Crippen molar-refractivity contribution in [1.82, 2.24) is 15.1 Å². The van der Waals surface area contributed by atoms with Gasteiger partial charge in [0.1, 0.15) is 12.8 Å². The molecule has 0 fully saturated rings. The molecule has 4 amide bonds. The number of nitrogens with zero attached hydrogens (tertiary/aromatic N) is 2. The summed E-state index contributed by atoms with van der Waals surface area (Å²) in [6, 6.07) is 17.4. The Morgan fingerprint density at radius 3 is 2.16 bits per heavy atom. The van der Waals surface area contributed by atoms with Crippen molar-refractivity contribution in [1.29, 1.82) is 0 Å². The van der Waals surface area contributed by atoms with Crippen molar-refractivity contribution in [3.8, 4) is 0 Å². The van der Waals surface area contributed by atoms with E-state index in [4.69, 9.17) is 9.47 Å². The van der Waals surface area contributed by atoms with Gasteiger partial charge in [-0.3, -0.25) is 19.4 Å². The number of nitrogens with one attached hydrogen (secondary N) is 1. The van der Waals surface area contributed by atoms with Gasteiger partial charge < -0.3 is 14.8 Å². The lowest BCUT2D eigenvalue weighted by Gasteiger charge is -2.46. The Bertz CT molecular complexity index is 1140. The SMILES string of the molecule is COC(=O)N1C=CC(=O)N(C(=O)[C@@H](C)[C@H](NC(=O)OCc2ccccc2)c2ccccc2)[C@@H]1C(C)(C)C. The van der Waals surface area contributed by atoms with E-state index in [1.165, 1.54) is 18.2 Å². The minimum absolute atomic E-state index is 0.0616. The van der Waals surface area contributed by atoms with Crippen LogP contribution in [0.4, 0.5) is 9.59 Å². The lowest BCUT2D eigenvalue weighted by Crippen LogP contribution is -2.62. The number of carbonyl (C=O) groups excluding carboxylic acids is 4. The lowest BCUT2D eigenvalue weighted by atomic mass is 9.87. The average Bonchev–Trinajstić information content (AvgIpc) is 2.89. The molecule has 0 aromatic heterocycles. The molecule has 1 aliphatic heterocycles. The maximum absolute atomic E-state index is 13.9. The second kappa shape index (κ2) is 11.7.